The van der Waals surface area contributed by atoms with Crippen molar-refractivity contribution < 1.29 is 8.42 Å². The van der Waals surface area contributed by atoms with Crippen LogP contribution in [0.5, 0.6) is 0 Å². The lowest BCUT2D eigenvalue weighted by Gasteiger charge is -2.09. The number of thiophene rings is 1. The zero-order chi connectivity index (χ0) is 12.8. The normalized spacial score (nSPS) is 22.4. The highest BCUT2D eigenvalue weighted by atomic mass is 32.2. The summed E-state index contributed by atoms with van der Waals surface area (Å²) in [4.78, 5) is 9.60. The van der Waals surface area contributed by atoms with E-state index < -0.39 is 9.84 Å². The second-order valence-electron chi connectivity index (χ2n) is 4.31. The average Bonchev–Trinajstić information content (AvgIpc) is 2.93. The zero-order valence-corrected chi connectivity index (χ0v) is 11.1. The largest absolute Gasteiger partial charge is 0.308 e. The van der Waals surface area contributed by atoms with E-state index in [1.54, 1.807) is 0 Å². The number of anilines is 1. The molecule has 1 fully saturated rings. The number of hydrogen-bond acceptors (Lipinski definition) is 7. The van der Waals surface area contributed by atoms with Crippen LogP contribution >= 0.6 is 11.3 Å². The SMILES string of the molecule is NNc1nc(C2CCS(=O)(=O)C2)nc2sccc12. The highest BCUT2D eigenvalue weighted by Crippen LogP contribution is 2.31. The van der Waals surface area contributed by atoms with Gasteiger partial charge in [0, 0.05) is 5.92 Å². The topological polar surface area (TPSA) is 98.0 Å². The van der Waals surface area contributed by atoms with E-state index in [9.17, 15) is 8.42 Å². The molecule has 0 bridgehead atoms. The summed E-state index contributed by atoms with van der Waals surface area (Å²) in [6, 6.07) is 1.89. The van der Waals surface area contributed by atoms with E-state index in [0.29, 0.717) is 18.1 Å². The Morgan fingerprint density at radius 1 is 1.44 bits per heavy atom. The molecule has 2 aromatic heterocycles. The Morgan fingerprint density at radius 3 is 2.94 bits per heavy atom. The summed E-state index contributed by atoms with van der Waals surface area (Å²) < 4.78 is 23.0. The van der Waals surface area contributed by atoms with E-state index >= 15 is 0 Å². The van der Waals surface area contributed by atoms with Crippen molar-refractivity contribution in [1.82, 2.24) is 9.97 Å². The molecule has 0 amide bonds. The average molecular weight is 284 g/mol. The molecule has 96 valence electrons. The summed E-state index contributed by atoms with van der Waals surface area (Å²) in [5.41, 5.74) is 2.55. The molecule has 18 heavy (non-hydrogen) atoms. The Kier molecular flexibility index (Phi) is 2.72. The van der Waals surface area contributed by atoms with Crippen LogP contribution in [0.25, 0.3) is 10.2 Å². The fourth-order valence-electron chi connectivity index (χ4n) is 2.16. The third kappa shape index (κ3) is 1.96. The molecular formula is C10H12N4O2S2. The van der Waals surface area contributed by atoms with Gasteiger partial charge in [0.25, 0.3) is 0 Å². The van der Waals surface area contributed by atoms with Crippen LogP contribution in [0.15, 0.2) is 11.4 Å². The van der Waals surface area contributed by atoms with Crippen LogP contribution in [0.2, 0.25) is 0 Å². The standard InChI is InChI=1S/C10H12N4O2S2/c11-14-9-7-1-3-17-10(7)13-8(12-9)6-2-4-18(15,16)5-6/h1,3,6H,2,4-5,11H2,(H,12,13,14). The summed E-state index contributed by atoms with van der Waals surface area (Å²) in [7, 11) is -2.93. The monoisotopic (exact) mass is 284 g/mol. The number of fused-ring (bicyclic) bond motifs is 1. The molecule has 1 aliphatic rings. The van der Waals surface area contributed by atoms with E-state index in [2.05, 4.69) is 15.4 Å². The molecule has 1 atom stereocenters. The first-order valence-electron chi connectivity index (χ1n) is 5.51. The lowest BCUT2D eigenvalue weighted by molar-refractivity contribution is 0.601. The quantitative estimate of drug-likeness (QED) is 0.627. The third-order valence-corrected chi connectivity index (χ3v) is 5.65. The van der Waals surface area contributed by atoms with Crippen LogP contribution < -0.4 is 11.3 Å². The number of sulfone groups is 1. The fourth-order valence-corrected chi connectivity index (χ4v) is 4.67. The molecule has 3 heterocycles. The molecule has 6 nitrogen and oxygen atoms in total. The molecule has 0 aromatic carbocycles. The molecule has 0 spiro atoms. The van der Waals surface area contributed by atoms with E-state index in [1.165, 1.54) is 11.3 Å². The Balaban J connectivity index is 2.07. The minimum atomic E-state index is -2.93. The van der Waals surface area contributed by atoms with Gasteiger partial charge < -0.3 is 5.43 Å². The summed E-state index contributed by atoms with van der Waals surface area (Å²) in [6.45, 7) is 0. The molecule has 3 rings (SSSR count). The van der Waals surface area contributed by atoms with Gasteiger partial charge >= 0.3 is 0 Å². The summed E-state index contributed by atoms with van der Waals surface area (Å²) >= 11 is 1.49. The molecule has 0 saturated carbocycles. The second-order valence-corrected chi connectivity index (χ2v) is 7.44. The van der Waals surface area contributed by atoms with Crippen LogP contribution in [0.4, 0.5) is 5.82 Å². The molecule has 0 aliphatic carbocycles. The number of hydrogen-bond donors (Lipinski definition) is 2. The van der Waals surface area contributed by atoms with Gasteiger partial charge in [-0.15, -0.1) is 11.3 Å². The van der Waals surface area contributed by atoms with Crippen LogP contribution in [0, 0.1) is 0 Å². The Labute approximate surface area is 108 Å². The maximum atomic E-state index is 11.5. The van der Waals surface area contributed by atoms with Gasteiger partial charge in [0.15, 0.2) is 15.7 Å². The maximum Gasteiger partial charge on any atom is 0.152 e. The number of aromatic nitrogens is 2. The maximum absolute atomic E-state index is 11.5. The first-order chi connectivity index (χ1) is 8.59. The number of nitrogens with zero attached hydrogens (tertiary/aromatic N) is 2. The van der Waals surface area contributed by atoms with Gasteiger partial charge in [-0.1, -0.05) is 0 Å². The molecule has 2 aromatic rings. The molecular weight excluding hydrogens is 272 g/mol. The Bertz CT molecular complexity index is 695. The second kappa shape index (κ2) is 4.15. The number of nitrogen functional groups attached to an aromatic ring is 1. The predicted octanol–water partition coefficient (Wildman–Crippen LogP) is 0.879. The number of hydrazine groups is 1. The number of nitrogens with two attached hydrogens (primary N) is 1. The minimum Gasteiger partial charge on any atom is -0.308 e. The van der Waals surface area contributed by atoms with Crippen LogP contribution in [-0.2, 0) is 9.84 Å². The molecule has 3 N–H and O–H groups in total. The summed E-state index contributed by atoms with van der Waals surface area (Å²) in [5.74, 6) is 6.80. The van der Waals surface area contributed by atoms with Gasteiger partial charge in [-0.25, -0.2) is 24.2 Å². The Hall–Kier alpha value is -1.25. The number of nitrogens with one attached hydrogen (secondary N) is 1. The first kappa shape index (κ1) is 11.8. The summed E-state index contributed by atoms with van der Waals surface area (Å²) in [6.07, 6.45) is 0.587. The van der Waals surface area contributed by atoms with Gasteiger partial charge in [-0.05, 0) is 17.9 Å². The van der Waals surface area contributed by atoms with Crippen molar-refractivity contribution in [3.8, 4) is 0 Å². The fraction of sp³-hybridized carbons (Fsp3) is 0.400. The summed E-state index contributed by atoms with van der Waals surface area (Å²) in [5, 5.41) is 2.78. The van der Waals surface area contributed by atoms with Crippen LogP contribution in [-0.4, -0.2) is 29.9 Å². The Morgan fingerprint density at radius 2 is 2.28 bits per heavy atom. The number of rotatable bonds is 2. The van der Waals surface area contributed by atoms with E-state index in [4.69, 9.17) is 5.84 Å². The van der Waals surface area contributed by atoms with Gasteiger partial charge in [-0.3, -0.25) is 0 Å². The third-order valence-electron chi connectivity index (χ3n) is 3.08. The van der Waals surface area contributed by atoms with Crippen LogP contribution in [0.1, 0.15) is 18.2 Å². The minimum absolute atomic E-state index is 0.117. The highest BCUT2D eigenvalue weighted by molar-refractivity contribution is 7.91. The molecule has 1 unspecified atom stereocenters. The van der Waals surface area contributed by atoms with Gasteiger partial charge in [0.1, 0.15) is 10.7 Å². The van der Waals surface area contributed by atoms with E-state index in [-0.39, 0.29) is 17.4 Å². The van der Waals surface area contributed by atoms with Crippen molar-refractivity contribution in [3.05, 3.63) is 17.3 Å². The van der Waals surface area contributed by atoms with Crippen molar-refractivity contribution in [2.75, 3.05) is 16.9 Å². The smallest absolute Gasteiger partial charge is 0.152 e. The van der Waals surface area contributed by atoms with Gasteiger partial charge in [-0.2, -0.15) is 0 Å². The predicted molar refractivity (Wildman–Crippen MR) is 71.2 cm³/mol. The van der Waals surface area contributed by atoms with Crippen molar-refractivity contribution in [3.63, 3.8) is 0 Å². The van der Waals surface area contributed by atoms with Crippen molar-refractivity contribution in [2.45, 2.75) is 12.3 Å². The molecule has 0 radical (unpaired) electrons. The molecule has 8 heteroatoms. The van der Waals surface area contributed by atoms with E-state index in [0.717, 1.165) is 10.2 Å². The lowest BCUT2D eigenvalue weighted by Crippen LogP contribution is -2.13. The van der Waals surface area contributed by atoms with E-state index in [1.807, 2.05) is 11.4 Å². The van der Waals surface area contributed by atoms with Crippen molar-refractivity contribution in [2.24, 2.45) is 5.84 Å². The molecule has 1 aliphatic heterocycles. The highest BCUT2D eigenvalue weighted by Gasteiger charge is 2.31. The van der Waals surface area contributed by atoms with Gasteiger partial charge in [0.05, 0.1) is 16.9 Å². The zero-order valence-electron chi connectivity index (χ0n) is 9.46. The lowest BCUT2D eigenvalue weighted by atomic mass is 10.1. The van der Waals surface area contributed by atoms with Crippen LogP contribution in [0.3, 0.4) is 0 Å². The first-order valence-corrected chi connectivity index (χ1v) is 8.21. The molecule has 1 saturated heterocycles. The van der Waals surface area contributed by atoms with Crippen molar-refractivity contribution in [1.29, 1.82) is 0 Å². The van der Waals surface area contributed by atoms with Crippen molar-refractivity contribution >= 4 is 37.2 Å². The van der Waals surface area contributed by atoms with Gasteiger partial charge in [0.2, 0.25) is 0 Å².